The predicted molar refractivity (Wildman–Crippen MR) is 168 cm³/mol. The maximum absolute atomic E-state index is 11.1. The van der Waals surface area contributed by atoms with Crippen LogP contribution in [0.25, 0.3) is 0 Å². The molecule has 0 aromatic carbocycles. The minimum absolute atomic E-state index is 0.589. The average molecular weight is 795 g/mol. The van der Waals surface area contributed by atoms with Crippen LogP contribution in [-0.2, 0) is 42.6 Å². The van der Waals surface area contributed by atoms with E-state index >= 15 is 0 Å². The Morgan fingerprint density at radius 2 is 0.907 bits per heavy atom. The largest absolute Gasteiger partial charge is 0.394 e. The van der Waals surface area contributed by atoms with Crippen LogP contribution in [0.15, 0.2) is 0 Å². The van der Waals surface area contributed by atoms with Gasteiger partial charge < -0.3 is 120 Å². The summed E-state index contributed by atoms with van der Waals surface area (Å²) >= 11 is 0. The summed E-state index contributed by atoms with van der Waals surface area (Å²) in [5.74, 6) is 0. The van der Waals surface area contributed by atoms with Crippen LogP contribution in [0.2, 0.25) is 0 Å². The maximum atomic E-state index is 11.1. The van der Waals surface area contributed by atoms with Gasteiger partial charge in [0.05, 0.1) is 44.1 Å². The molecule has 5 aliphatic heterocycles. The first-order valence-electron chi connectivity index (χ1n) is 17.5. The molecule has 24 heteroatoms. The topological polar surface area (TPSA) is 398 Å². The van der Waals surface area contributed by atoms with E-state index in [2.05, 4.69) is 0 Å². The Hall–Kier alpha value is -0.960. The molecule has 5 heterocycles. The summed E-state index contributed by atoms with van der Waals surface area (Å²) in [5.41, 5.74) is 12.2. The van der Waals surface area contributed by atoms with E-state index in [-0.39, 0.29) is 0 Å². The van der Waals surface area contributed by atoms with Crippen molar-refractivity contribution < 1.29 is 109 Å². The van der Waals surface area contributed by atoms with E-state index in [1.54, 1.807) is 0 Å². The molecular weight excluding hydrogens is 740 g/mol. The van der Waals surface area contributed by atoms with Crippen molar-refractivity contribution in [1.82, 2.24) is 0 Å². The van der Waals surface area contributed by atoms with E-state index < -0.39 is 173 Å². The number of aliphatic hydroxyl groups is 13. The average Bonchev–Trinajstić information content (AvgIpc) is 3.15. The van der Waals surface area contributed by atoms with Gasteiger partial charge in [-0.15, -0.1) is 0 Å². The van der Waals surface area contributed by atoms with Crippen molar-refractivity contribution in [2.75, 3.05) is 19.8 Å². The van der Waals surface area contributed by atoms with Gasteiger partial charge in [-0.1, -0.05) is 0 Å². The van der Waals surface area contributed by atoms with Crippen molar-refractivity contribution >= 4 is 0 Å². The summed E-state index contributed by atoms with van der Waals surface area (Å²) < 4.78 is 51.7. The van der Waals surface area contributed by atoms with Gasteiger partial charge in [0, 0.05) is 0 Å². The molecule has 0 radical (unpaired) electrons. The highest BCUT2D eigenvalue weighted by atomic mass is 16.8. The molecule has 17 N–H and O–H groups in total. The van der Waals surface area contributed by atoms with E-state index in [1.807, 2.05) is 0 Å². The molecular formula is C30H54N2O22. The summed E-state index contributed by atoms with van der Waals surface area (Å²) in [6.07, 6.45) is -37.7. The third-order valence-corrected chi connectivity index (χ3v) is 10.4. The van der Waals surface area contributed by atoms with Gasteiger partial charge in [-0.05, 0) is 13.8 Å². The highest BCUT2D eigenvalue weighted by Crippen LogP contribution is 2.35. The number of nitrogens with two attached hydrogens (primary N) is 2. The molecule has 5 aliphatic rings. The van der Waals surface area contributed by atoms with E-state index in [1.165, 1.54) is 13.8 Å². The SMILES string of the molecule is CC1O[C@@H](O[C@H]2C(O[C@@H]3OC(CO)C(O)[C@H](O)C3OC3OC(C)[C@@H](O)C(O)[C@@H]3O)C(CO)O[C@H](OCC3O[C@H](O)C(N)[C@@H](O)C3O)C2N)C(O)[C@H](O)C1O. The van der Waals surface area contributed by atoms with E-state index in [0.29, 0.717) is 0 Å². The van der Waals surface area contributed by atoms with E-state index in [0.717, 1.165) is 0 Å². The molecule has 5 rings (SSSR count). The van der Waals surface area contributed by atoms with Gasteiger partial charge in [-0.2, -0.15) is 0 Å². The zero-order chi connectivity index (χ0) is 39.9. The standard InChI is InChI=1S/C30H54N2O22/c1-6-13(35)18(40)21(43)28(47-6)53-24-12(32)27(46-5-10-16(38)17(39)11(31)26(45)49-10)51-9(4-34)23(24)52-30-25(20(42)15(37)8(3-33)50-30)54-29-22(44)19(41)14(36)7(2)48-29/h6-30,33-45H,3-5,31-32H2,1-2H3/t6?,7?,8?,9?,10?,11?,12?,13?,14-,15?,16?,17-,18-,19?,20+,21?,22+,23?,24-,25?,26+,27+,28+,29?,30+/m1/s1. The number of hydrogen-bond donors (Lipinski definition) is 15. The highest BCUT2D eigenvalue weighted by Gasteiger charge is 2.56. The third kappa shape index (κ3) is 8.87. The Morgan fingerprint density at radius 3 is 1.44 bits per heavy atom. The zero-order valence-electron chi connectivity index (χ0n) is 29.2. The molecule has 54 heavy (non-hydrogen) atoms. The lowest BCUT2D eigenvalue weighted by molar-refractivity contribution is -0.392. The van der Waals surface area contributed by atoms with E-state index in [4.69, 9.17) is 54.1 Å². The smallest absolute Gasteiger partial charge is 0.187 e. The summed E-state index contributed by atoms with van der Waals surface area (Å²) in [6.45, 7) is 0.391. The Kier molecular flexibility index (Phi) is 15.0. The molecule has 25 atom stereocenters. The monoisotopic (exact) mass is 794 g/mol. The second kappa shape index (κ2) is 18.3. The lowest BCUT2D eigenvalue weighted by atomic mass is 9.94. The van der Waals surface area contributed by atoms with Crippen LogP contribution in [0.1, 0.15) is 13.8 Å². The predicted octanol–water partition coefficient (Wildman–Crippen LogP) is -9.94. The fourth-order valence-electron chi connectivity index (χ4n) is 6.88. The summed E-state index contributed by atoms with van der Waals surface area (Å²) in [4.78, 5) is 0. The molecule has 24 nitrogen and oxygen atoms in total. The molecule has 5 saturated heterocycles. The van der Waals surface area contributed by atoms with Crippen molar-refractivity contribution in [3.8, 4) is 0 Å². The van der Waals surface area contributed by atoms with Crippen molar-refractivity contribution in [3.05, 3.63) is 0 Å². The molecule has 0 aromatic heterocycles. The van der Waals surface area contributed by atoms with Gasteiger partial charge in [-0.25, -0.2) is 0 Å². The molecule has 0 aromatic rings. The van der Waals surface area contributed by atoms with Crippen LogP contribution in [0, 0.1) is 0 Å². The van der Waals surface area contributed by atoms with E-state index in [9.17, 15) is 66.4 Å². The highest BCUT2D eigenvalue weighted by molar-refractivity contribution is 4.99. The third-order valence-electron chi connectivity index (χ3n) is 10.4. The van der Waals surface area contributed by atoms with Crippen LogP contribution in [0.5, 0.6) is 0 Å². The lowest BCUT2D eigenvalue weighted by Crippen LogP contribution is -2.69. The molecule has 0 bridgehead atoms. The van der Waals surface area contributed by atoms with Crippen LogP contribution in [0.4, 0.5) is 0 Å². The van der Waals surface area contributed by atoms with Crippen molar-refractivity contribution in [2.24, 2.45) is 11.5 Å². The van der Waals surface area contributed by atoms with Crippen LogP contribution >= 0.6 is 0 Å². The Labute approximate surface area is 307 Å². The van der Waals surface area contributed by atoms with Gasteiger partial charge in [0.15, 0.2) is 31.5 Å². The van der Waals surface area contributed by atoms with Crippen molar-refractivity contribution in [3.63, 3.8) is 0 Å². The summed E-state index contributed by atoms with van der Waals surface area (Å²) in [7, 11) is 0. The molecule has 0 aliphatic carbocycles. The zero-order valence-corrected chi connectivity index (χ0v) is 29.2. The Balaban J connectivity index is 1.43. The van der Waals surface area contributed by atoms with Crippen LogP contribution < -0.4 is 11.5 Å². The molecule has 15 unspecified atom stereocenters. The fourth-order valence-corrected chi connectivity index (χ4v) is 6.88. The molecule has 0 saturated carbocycles. The number of ether oxygens (including phenoxy) is 9. The summed E-state index contributed by atoms with van der Waals surface area (Å²) in [6, 6.07) is -2.86. The van der Waals surface area contributed by atoms with Gasteiger partial charge >= 0.3 is 0 Å². The second-order valence-electron chi connectivity index (χ2n) is 14.1. The maximum Gasteiger partial charge on any atom is 0.187 e. The quantitative estimate of drug-likeness (QED) is 0.0923. The molecule has 0 amide bonds. The van der Waals surface area contributed by atoms with Crippen LogP contribution in [-0.4, -0.2) is 240 Å². The van der Waals surface area contributed by atoms with Gasteiger partial charge in [0.25, 0.3) is 0 Å². The van der Waals surface area contributed by atoms with Crippen molar-refractivity contribution in [2.45, 2.75) is 167 Å². The minimum atomic E-state index is -1.95. The molecule has 316 valence electrons. The minimum Gasteiger partial charge on any atom is -0.394 e. The van der Waals surface area contributed by atoms with Gasteiger partial charge in [-0.3, -0.25) is 0 Å². The molecule has 0 spiro atoms. The number of rotatable bonds is 11. The lowest BCUT2D eigenvalue weighted by Gasteiger charge is -2.50. The first kappa shape index (κ1) is 44.1. The molecule has 5 fully saturated rings. The Morgan fingerprint density at radius 1 is 0.426 bits per heavy atom. The first-order valence-corrected chi connectivity index (χ1v) is 17.5. The fraction of sp³-hybridized carbons (Fsp3) is 1.00. The Bertz CT molecular complexity index is 1180. The summed E-state index contributed by atoms with van der Waals surface area (Å²) in [5, 5.41) is 136. The number of hydrogen-bond acceptors (Lipinski definition) is 24. The number of aliphatic hydroxyl groups excluding tert-OH is 13. The van der Waals surface area contributed by atoms with Crippen molar-refractivity contribution in [1.29, 1.82) is 0 Å². The first-order chi connectivity index (χ1) is 25.4. The van der Waals surface area contributed by atoms with Crippen LogP contribution in [0.3, 0.4) is 0 Å². The normalized spacial score (nSPS) is 54.7. The van der Waals surface area contributed by atoms with Gasteiger partial charge in [0.2, 0.25) is 0 Å². The van der Waals surface area contributed by atoms with Gasteiger partial charge in [0.1, 0.15) is 97.7 Å². The second-order valence-corrected chi connectivity index (χ2v) is 14.1.